The molecule has 0 bridgehead atoms. The van der Waals surface area contributed by atoms with Crippen LogP contribution in [0.5, 0.6) is 5.75 Å². The first-order valence-electron chi connectivity index (χ1n) is 10.2. The Morgan fingerprint density at radius 2 is 1.71 bits per heavy atom. The van der Waals surface area contributed by atoms with Crippen molar-refractivity contribution < 1.29 is 14.3 Å². The molecule has 0 atom stereocenters. The number of benzene rings is 2. The van der Waals surface area contributed by atoms with Crippen molar-refractivity contribution in [3.8, 4) is 5.75 Å². The van der Waals surface area contributed by atoms with Crippen LogP contribution in [0, 0.1) is 0 Å². The summed E-state index contributed by atoms with van der Waals surface area (Å²) >= 11 is 0. The normalized spacial score (nSPS) is 12.6. The molecule has 158 valence electrons. The Morgan fingerprint density at radius 3 is 2.52 bits per heavy atom. The van der Waals surface area contributed by atoms with Crippen molar-refractivity contribution in [1.29, 1.82) is 0 Å². The lowest BCUT2D eigenvalue weighted by Gasteiger charge is -2.29. The maximum atomic E-state index is 12.6. The summed E-state index contributed by atoms with van der Waals surface area (Å²) in [6.45, 7) is 1.38. The second kappa shape index (κ2) is 9.30. The lowest BCUT2D eigenvalue weighted by atomic mass is 10.2. The number of hydrogen-bond donors (Lipinski definition) is 1. The van der Waals surface area contributed by atoms with Crippen LogP contribution in [0.15, 0.2) is 77.7 Å². The smallest absolute Gasteiger partial charge is 0.250 e. The number of amides is 2. The second-order valence-corrected chi connectivity index (χ2v) is 7.27. The molecule has 0 spiro atoms. The molecule has 7 nitrogen and oxygen atoms in total. The molecule has 2 amide bonds. The highest BCUT2D eigenvalue weighted by Gasteiger charge is 2.23. The Hall–Kier alpha value is -3.87. The molecule has 0 fully saturated rings. The minimum absolute atomic E-state index is 0.0626. The summed E-state index contributed by atoms with van der Waals surface area (Å²) in [5.74, 6) is 0.362. The molecule has 2 aromatic carbocycles. The van der Waals surface area contributed by atoms with Gasteiger partial charge in [0.2, 0.25) is 11.8 Å². The molecule has 2 heterocycles. The number of carbonyl (C=O) groups excluding carboxylic acids is 2. The Bertz CT molecular complexity index is 1140. The number of pyridine rings is 1. The monoisotopic (exact) mass is 417 g/mol. The van der Waals surface area contributed by atoms with E-state index in [-0.39, 0.29) is 30.2 Å². The van der Waals surface area contributed by atoms with Crippen LogP contribution in [0.3, 0.4) is 0 Å². The van der Waals surface area contributed by atoms with E-state index < -0.39 is 0 Å². The molecule has 1 N–H and O–H groups in total. The van der Waals surface area contributed by atoms with E-state index in [0.717, 1.165) is 11.3 Å². The number of aromatic nitrogens is 1. The average molecular weight is 417 g/mol. The number of ether oxygens (including phenoxy) is 1. The van der Waals surface area contributed by atoms with Crippen molar-refractivity contribution >= 4 is 23.2 Å². The number of hydrogen-bond acceptors (Lipinski definition) is 4. The van der Waals surface area contributed by atoms with Gasteiger partial charge in [0.15, 0.2) is 0 Å². The number of rotatable bonds is 6. The fraction of sp³-hybridized carbons (Fsp3) is 0.208. The van der Waals surface area contributed by atoms with Gasteiger partial charge in [-0.25, -0.2) is 0 Å². The van der Waals surface area contributed by atoms with Gasteiger partial charge in [-0.15, -0.1) is 0 Å². The summed E-state index contributed by atoms with van der Waals surface area (Å²) in [6.07, 6.45) is 1.95. The third-order valence-corrected chi connectivity index (χ3v) is 5.09. The van der Waals surface area contributed by atoms with Gasteiger partial charge < -0.3 is 19.5 Å². The lowest BCUT2D eigenvalue weighted by molar-refractivity contribution is -0.122. The number of anilines is 2. The van der Waals surface area contributed by atoms with Gasteiger partial charge in [0.05, 0.1) is 18.8 Å². The Morgan fingerprint density at radius 1 is 0.935 bits per heavy atom. The van der Waals surface area contributed by atoms with Crippen molar-refractivity contribution in [1.82, 2.24) is 4.57 Å². The maximum Gasteiger partial charge on any atom is 0.250 e. The lowest BCUT2D eigenvalue weighted by Crippen LogP contribution is -2.38. The van der Waals surface area contributed by atoms with Gasteiger partial charge in [0.1, 0.15) is 12.4 Å². The molecule has 0 aliphatic carbocycles. The zero-order valence-corrected chi connectivity index (χ0v) is 17.0. The number of para-hydroxylation sites is 2. The van der Waals surface area contributed by atoms with E-state index in [0.29, 0.717) is 31.1 Å². The van der Waals surface area contributed by atoms with E-state index in [9.17, 15) is 14.4 Å². The molecule has 31 heavy (non-hydrogen) atoms. The largest absolute Gasteiger partial charge is 0.490 e. The summed E-state index contributed by atoms with van der Waals surface area (Å²) in [5.41, 5.74) is 2.28. The molecule has 0 saturated carbocycles. The van der Waals surface area contributed by atoms with Gasteiger partial charge in [-0.1, -0.05) is 30.3 Å². The minimum Gasteiger partial charge on any atom is -0.490 e. The maximum absolute atomic E-state index is 12.6. The van der Waals surface area contributed by atoms with E-state index in [1.54, 1.807) is 33.9 Å². The highest BCUT2D eigenvalue weighted by atomic mass is 16.5. The van der Waals surface area contributed by atoms with Crippen LogP contribution in [-0.2, 0) is 16.1 Å². The third-order valence-electron chi connectivity index (χ3n) is 5.09. The van der Waals surface area contributed by atoms with Gasteiger partial charge >= 0.3 is 0 Å². The Kier molecular flexibility index (Phi) is 6.12. The van der Waals surface area contributed by atoms with Crippen molar-refractivity contribution in [2.45, 2.75) is 19.4 Å². The van der Waals surface area contributed by atoms with Gasteiger partial charge in [-0.2, -0.15) is 0 Å². The molecule has 1 aliphatic rings. The fourth-order valence-electron chi connectivity index (χ4n) is 3.49. The van der Waals surface area contributed by atoms with Crippen LogP contribution < -0.4 is 20.5 Å². The van der Waals surface area contributed by atoms with E-state index in [4.69, 9.17) is 4.74 Å². The number of nitrogens with zero attached hydrogens (tertiary/aromatic N) is 2. The van der Waals surface area contributed by atoms with Gasteiger partial charge in [0, 0.05) is 30.8 Å². The first-order chi connectivity index (χ1) is 15.1. The molecule has 1 aliphatic heterocycles. The number of nitrogens with one attached hydrogen (secondary N) is 1. The minimum atomic E-state index is -0.220. The Balaban J connectivity index is 1.30. The van der Waals surface area contributed by atoms with Crippen LogP contribution in [0.4, 0.5) is 11.4 Å². The molecule has 3 aromatic rings. The first kappa shape index (κ1) is 20.4. The zero-order valence-electron chi connectivity index (χ0n) is 17.0. The number of carbonyl (C=O) groups is 2. The first-order valence-corrected chi connectivity index (χ1v) is 10.2. The average Bonchev–Trinajstić information content (AvgIpc) is 2.80. The fourth-order valence-corrected chi connectivity index (χ4v) is 3.49. The van der Waals surface area contributed by atoms with Crippen LogP contribution in [0.2, 0.25) is 0 Å². The summed E-state index contributed by atoms with van der Waals surface area (Å²) in [4.78, 5) is 38.4. The van der Waals surface area contributed by atoms with Crippen LogP contribution in [0.1, 0.15) is 18.4 Å². The molecule has 1 aromatic heterocycles. The highest BCUT2D eigenvalue weighted by Crippen LogP contribution is 2.31. The standard InChI is InChI=1S/C24H23N3O4/c28-22(12-13-24(30)27-15-16-31-21-6-2-1-5-20(21)27)25-19-10-8-18(9-11-19)17-26-14-4-3-7-23(26)29/h1-11,14H,12-13,15-17H2,(H,25,28). The Labute approximate surface area is 179 Å². The predicted molar refractivity (Wildman–Crippen MR) is 118 cm³/mol. The SMILES string of the molecule is O=C(CCC(=O)N1CCOc2ccccc21)Nc1ccc(Cn2ccccc2=O)cc1. The van der Waals surface area contributed by atoms with Crippen molar-refractivity contribution in [2.75, 3.05) is 23.4 Å². The molecular formula is C24H23N3O4. The molecule has 0 unspecified atom stereocenters. The van der Waals surface area contributed by atoms with Gasteiger partial charge in [-0.3, -0.25) is 14.4 Å². The van der Waals surface area contributed by atoms with Crippen molar-refractivity contribution in [3.63, 3.8) is 0 Å². The van der Waals surface area contributed by atoms with Crippen LogP contribution >= 0.6 is 0 Å². The van der Waals surface area contributed by atoms with E-state index in [1.807, 2.05) is 42.5 Å². The second-order valence-electron chi connectivity index (χ2n) is 7.27. The zero-order chi connectivity index (χ0) is 21.6. The van der Waals surface area contributed by atoms with E-state index in [1.165, 1.54) is 6.07 Å². The summed E-state index contributed by atoms with van der Waals surface area (Å²) in [7, 11) is 0. The van der Waals surface area contributed by atoms with Gasteiger partial charge in [-0.05, 0) is 35.9 Å². The molecule has 7 heteroatoms. The quantitative estimate of drug-likeness (QED) is 0.669. The molecule has 0 saturated heterocycles. The third kappa shape index (κ3) is 5.01. The van der Waals surface area contributed by atoms with Crippen molar-refractivity contribution in [3.05, 3.63) is 88.8 Å². The summed E-state index contributed by atoms with van der Waals surface area (Å²) in [5, 5.41) is 2.82. The van der Waals surface area contributed by atoms with Gasteiger partial charge in [0.25, 0.3) is 5.56 Å². The van der Waals surface area contributed by atoms with Crippen LogP contribution in [-0.4, -0.2) is 29.5 Å². The molecule has 4 rings (SSSR count). The molecule has 0 radical (unpaired) electrons. The molecular weight excluding hydrogens is 394 g/mol. The summed E-state index contributed by atoms with van der Waals surface area (Å²) in [6, 6.07) is 19.8. The highest BCUT2D eigenvalue weighted by molar-refractivity contribution is 5.99. The summed E-state index contributed by atoms with van der Waals surface area (Å²) < 4.78 is 7.18. The van der Waals surface area contributed by atoms with Crippen molar-refractivity contribution in [2.24, 2.45) is 0 Å². The van der Waals surface area contributed by atoms with E-state index >= 15 is 0 Å². The van der Waals surface area contributed by atoms with E-state index in [2.05, 4.69) is 5.32 Å². The topological polar surface area (TPSA) is 80.6 Å². The van der Waals surface area contributed by atoms with Crippen LogP contribution in [0.25, 0.3) is 0 Å². The number of fused-ring (bicyclic) bond motifs is 1. The predicted octanol–water partition coefficient (Wildman–Crippen LogP) is 3.04.